The number of halogens is 1. The Hall–Kier alpha value is -0.620. The van der Waals surface area contributed by atoms with Gasteiger partial charge in [-0.25, -0.2) is 5.14 Å². The second kappa shape index (κ2) is 7.66. The van der Waals surface area contributed by atoms with Crippen LogP contribution in [-0.4, -0.2) is 15.0 Å². The molecule has 0 heterocycles. The summed E-state index contributed by atoms with van der Waals surface area (Å²) in [6.07, 6.45) is 4.61. The Balaban J connectivity index is 4.46. The van der Waals surface area contributed by atoms with E-state index in [4.69, 9.17) is 16.7 Å². The van der Waals surface area contributed by atoms with Crippen molar-refractivity contribution in [3.63, 3.8) is 0 Å². The summed E-state index contributed by atoms with van der Waals surface area (Å²) in [5.74, 6) is 0. The van der Waals surface area contributed by atoms with Gasteiger partial charge >= 0.3 is 10.3 Å². The lowest BCUT2D eigenvalue weighted by molar-refractivity contribution is 0.313. The molecule has 0 fully saturated rings. The minimum absolute atomic E-state index is 0.0423. The van der Waals surface area contributed by atoms with Crippen LogP contribution in [0.2, 0.25) is 0 Å². The predicted octanol–water partition coefficient (Wildman–Crippen LogP) is 2.63. The third-order valence-corrected chi connectivity index (χ3v) is 3.07. The maximum atomic E-state index is 10.5. The first kappa shape index (κ1) is 16.4. The largest absolute Gasteiger partial charge is 0.333 e. The van der Waals surface area contributed by atoms with E-state index < -0.39 is 10.3 Å². The van der Waals surface area contributed by atoms with E-state index in [1.54, 1.807) is 6.08 Å². The van der Waals surface area contributed by atoms with Crippen LogP contribution in [0.4, 0.5) is 0 Å². The predicted molar refractivity (Wildman–Crippen MR) is 70.8 cm³/mol. The highest BCUT2D eigenvalue weighted by Gasteiger charge is 2.06. The van der Waals surface area contributed by atoms with Gasteiger partial charge < -0.3 is 0 Å². The quantitative estimate of drug-likeness (QED) is 0.575. The summed E-state index contributed by atoms with van der Waals surface area (Å²) in [7, 11) is -3.86. The van der Waals surface area contributed by atoms with Gasteiger partial charge in [-0.3, -0.25) is 4.18 Å². The van der Waals surface area contributed by atoms with Crippen molar-refractivity contribution in [2.45, 2.75) is 26.7 Å². The van der Waals surface area contributed by atoms with E-state index in [0.29, 0.717) is 17.9 Å². The molecule has 0 radical (unpaired) electrons. The summed E-state index contributed by atoms with van der Waals surface area (Å²) in [6, 6.07) is 0. The lowest BCUT2D eigenvalue weighted by Gasteiger charge is -2.09. The summed E-state index contributed by atoms with van der Waals surface area (Å²) in [4.78, 5) is 0. The number of hydrogen-bond acceptors (Lipinski definition) is 3. The Bertz CT molecular complexity index is 424. The average molecular weight is 280 g/mol. The van der Waals surface area contributed by atoms with Gasteiger partial charge in [-0.1, -0.05) is 35.9 Å². The maximum Gasteiger partial charge on any atom is 0.333 e. The van der Waals surface area contributed by atoms with Crippen molar-refractivity contribution in [1.82, 2.24) is 0 Å². The zero-order valence-corrected chi connectivity index (χ0v) is 11.6. The molecule has 0 bridgehead atoms. The van der Waals surface area contributed by atoms with Crippen LogP contribution in [0, 0.1) is 0 Å². The Morgan fingerprint density at radius 3 is 2.53 bits per heavy atom. The molecule has 0 aliphatic rings. The summed E-state index contributed by atoms with van der Waals surface area (Å²) in [5, 5.41) is 5.27. The molecule has 0 aromatic rings. The van der Waals surface area contributed by atoms with Crippen molar-refractivity contribution in [2.75, 3.05) is 6.61 Å². The Labute approximate surface area is 108 Å². The van der Waals surface area contributed by atoms with Crippen LogP contribution >= 0.6 is 11.6 Å². The van der Waals surface area contributed by atoms with Crippen molar-refractivity contribution >= 4 is 21.9 Å². The molecule has 4 nitrogen and oxygen atoms in total. The molecule has 0 aliphatic carbocycles. The Morgan fingerprint density at radius 2 is 2.12 bits per heavy atom. The SMILES string of the molecule is C=C/C(Cl)=C(CCCOS(N)(=O)=O)\C(C)=C/C. The van der Waals surface area contributed by atoms with Crippen LogP contribution in [0.25, 0.3) is 0 Å². The molecule has 0 atom stereocenters. The van der Waals surface area contributed by atoms with Gasteiger partial charge in [-0.2, -0.15) is 8.42 Å². The van der Waals surface area contributed by atoms with Crippen molar-refractivity contribution < 1.29 is 12.6 Å². The molecular formula is C11H18ClNO3S. The first-order valence-electron chi connectivity index (χ1n) is 5.13. The fourth-order valence-corrected chi connectivity index (χ4v) is 1.82. The highest BCUT2D eigenvalue weighted by molar-refractivity contribution is 7.84. The number of allylic oxidation sites excluding steroid dienone is 5. The summed E-state index contributed by atoms with van der Waals surface area (Å²) >= 11 is 6.01. The molecule has 0 aromatic heterocycles. The smallest absolute Gasteiger partial charge is 0.258 e. The minimum Gasteiger partial charge on any atom is -0.258 e. The monoisotopic (exact) mass is 279 g/mol. The standard InChI is InChI=1S/C11H18ClNO3S/c1-4-9(3)10(11(12)5-2)7-6-8-16-17(13,14)15/h4-5H,2,6-8H2,1,3H3,(H2,13,14,15)/b9-4-,11-10+. The topological polar surface area (TPSA) is 69.4 Å². The molecule has 0 saturated carbocycles. The first-order valence-corrected chi connectivity index (χ1v) is 6.98. The fraction of sp³-hybridized carbons (Fsp3) is 0.455. The van der Waals surface area contributed by atoms with E-state index in [2.05, 4.69) is 10.8 Å². The number of nitrogens with two attached hydrogens (primary N) is 1. The molecule has 0 rings (SSSR count). The molecule has 6 heteroatoms. The lowest BCUT2D eigenvalue weighted by atomic mass is 10.0. The van der Waals surface area contributed by atoms with Gasteiger partial charge in [-0.15, -0.1) is 0 Å². The van der Waals surface area contributed by atoms with Crippen molar-refractivity contribution in [3.05, 3.63) is 34.9 Å². The zero-order chi connectivity index (χ0) is 13.5. The van der Waals surface area contributed by atoms with Gasteiger partial charge in [0.2, 0.25) is 0 Å². The summed E-state index contributed by atoms with van der Waals surface area (Å²) in [6.45, 7) is 7.48. The minimum atomic E-state index is -3.86. The van der Waals surface area contributed by atoms with Gasteiger partial charge in [0.15, 0.2) is 0 Å². The first-order chi connectivity index (χ1) is 7.81. The van der Waals surface area contributed by atoms with E-state index in [1.807, 2.05) is 19.9 Å². The molecule has 17 heavy (non-hydrogen) atoms. The van der Waals surface area contributed by atoms with E-state index in [1.165, 1.54) is 0 Å². The zero-order valence-electron chi connectivity index (χ0n) is 10.1. The summed E-state index contributed by atoms with van der Waals surface area (Å²) < 4.78 is 25.5. The molecular weight excluding hydrogens is 262 g/mol. The number of rotatable bonds is 7. The van der Waals surface area contributed by atoms with Crippen molar-refractivity contribution in [2.24, 2.45) is 5.14 Å². The lowest BCUT2D eigenvalue weighted by Crippen LogP contribution is -2.16. The van der Waals surface area contributed by atoms with Crippen molar-refractivity contribution in [3.8, 4) is 0 Å². The third kappa shape index (κ3) is 7.33. The van der Waals surface area contributed by atoms with Gasteiger partial charge in [0.1, 0.15) is 0 Å². The van der Waals surface area contributed by atoms with E-state index in [9.17, 15) is 8.42 Å². The van der Waals surface area contributed by atoms with Crippen LogP contribution in [-0.2, 0) is 14.5 Å². The molecule has 0 aliphatic heterocycles. The molecule has 0 amide bonds. The van der Waals surface area contributed by atoms with Crippen LogP contribution < -0.4 is 5.14 Å². The maximum absolute atomic E-state index is 10.5. The third-order valence-electron chi connectivity index (χ3n) is 2.20. The highest BCUT2D eigenvalue weighted by atomic mass is 35.5. The molecule has 0 unspecified atom stereocenters. The number of hydrogen-bond donors (Lipinski definition) is 1. The summed E-state index contributed by atoms with van der Waals surface area (Å²) in [5.41, 5.74) is 1.97. The average Bonchev–Trinajstić information content (AvgIpc) is 2.26. The van der Waals surface area contributed by atoms with E-state index >= 15 is 0 Å². The molecule has 98 valence electrons. The van der Waals surface area contributed by atoms with Gasteiger partial charge in [0, 0.05) is 5.03 Å². The van der Waals surface area contributed by atoms with Crippen LogP contribution in [0.3, 0.4) is 0 Å². The molecule has 0 aromatic carbocycles. The van der Waals surface area contributed by atoms with Gasteiger partial charge in [0.25, 0.3) is 0 Å². The van der Waals surface area contributed by atoms with E-state index in [-0.39, 0.29) is 6.61 Å². The molecule has 2 N–H and O–H groups in total. The van der Waals surface area contributed by atoms with Crippen molar-refractivity contribution in [1.29, 1.82) is 0 Å². The van der Waals surface area contributed by atoms with Crippen LogP contribution in [0.5, 0.6) is 0 Å². The highest BCUT2D eigenvalue weighted by Crippen LogP contribution is 2.23. The Morgan fingerprint density at radius 1 is 1.53 bits per heavy atom. The van der Waals surface area contributed by atoms with E-state index in [0.717, 1.165) is 11.1 Å². The molecule has 0 saturated heterocycles. The van der Waals surface area contributed by atoms with Crippen LogP contribution in [0.1, 0.15) is 26.7 Å². The fourth-order valence-electron chi connectivity index (χ4n) is 1.23. The Kier molecular flexibility index (Phi) is 7.38. The second-order valence-electron chi connectivity index (χ2n) is 3.42. The normalized spacial score (nSPS) is 14.5. The van der Waals surface area contributed by atoms with Gasteiger partial charge in [-0.05, 0) is 32.3 Å². The van der Waals surface area contributed by atoms with Crippen LogP contribution in [0.15, 0.2) is 34.9 Å². The molecule has 0 spiro atoms. The second-order valence-corrected chi connectivity index (χ2v) is 5.05. The van der Waals surface area contributed by atoms with Gasteiger partial charge in [0.05, 0.1) is 6.61 Å².